The van der Waals surface area contributed by atoms with Crippen LogP contribution < -0.4 is 9.47 Å². The Morgan fingerprint density at radius 2 is 1.70 bits per heavy atom. The van der Waals surface area contributed by atoms with Gasteiger partial charge in [0.2, 0.25) is 0 Å². The number of benzene rings is 3. The maximum absolute atomic E-state index is 12.3. The van der Waals surface area contributed by atoms with Gasteiger partial charge in [-0.1, -0.05) is 23.7 Å². The molecule has 0 amide bonds. The third-order valence-electron chi connectivity index (χ3n) is 4.69. The van der Waals surface area contributed by atoms with Crippen LogP contribution in [0.2, 0.25) is 5.02 Å². The number of methoxy groups -OCH3 is 1. The highest BCUT2D eigenvalue weighted by atomic mass is 35.5. The lowest BCUT2D eigenvalue weighted by Gasteiger charge is -2.13. The third kappa shape index (κ3) is 5.22. The molecule has 5 heteroatoms. The molecule has 1 N–H and O–H groups in total. The Balaban J connectivity index is 1.76. The van der Waals surface area contributed by atoms with Gasteiger partial charge in [0.15, 0.2) is 5.78 Å². The van der Waals surface area contributed by atoms with E-state index in [-0.39, 0.29) is 11.5 Å². The zero-order valence-corrected chi connectivity index (χ0v) is 17.9. The van der Waals surface area contributed by atoms with Gasteiger partial charge in [0.25, 0.3) is 0 Å². The molecule has 0 aliphatic rings. The minimum atomic E-state index is -0.143. The van der Waals surface area contributed by atoms with E-state index in [0.29, 0.717) is 17.9 Å². The first-order valence-electron chi connectivity index (χ1n) is 9.45. The van der Waals surface area contributed by atoms with Crippen molar-refractivity contribution in [3.05, 3.63) is 93.5 Å². The lowest BCUT2D eigenvalue weighted by molar-refractivity contribution is 0.104. The zero-order chi connectivity index (χ0) is 21.7. The van der Waals surface area contributed by atoms with E-state index in [0.717, 1.165) is 33.0 Å². The van der Waals surface area contributed by atoms with Crippen LogP contribution in [0.3, 0.4) is 0 Å². The molecule has 154 valence electrons. The van der Waals surface area contributed by atoms with Crippen LogP contribution in [-0.4, -0.2) is 18.0 Å². The molecule has 0 spiro atoms. The quantitative estimate of drug-likeness (QED) is 0.366. The molecule has 0 heterocycles. The van der Waals surface area contributed by atoms with Crippen molar-refractivity contribution >= 4 is 23.5 Å². The molecule has 0 saturated heterocycles. The SMILES string of the molecule is COc1ccc(/C=C/C(=O)c2ccc(O)cc2)cc1COc1cc(C)c(Cl)c(C)c1. The van der Waals surface area contributed by atoms with Gasteiger partial charge in [-0.05, 0) is 85.1 Å². The molecule has 3 rings (SSSR count). The number of allylic oxidation sites excluding steroid dienone is 1. The summed E-state index contributed by atoms with van der Waals surface area (Å²) in [5.41, 5.74) is 4.15. The van der Waals surface area contributed by atoms with E-state index in [1.807, 2.05) is 44.2 Å². The predicted molar refractivity (Wildman–Crippen MR) is 120 cm³/mol. The smallest absolute Gasteiger partial charge is 0.185 e. The molecule has 0 bridgehead atoms. The fourth-order valence-corrected chi connectivity index (χ4v) is 3.17. The van der Waals surface area contributed by atoms with E-state index in [4.69, 9.17) is 21.1 Å². The van der Waals surface area contributed by atoms with Crippen molar-refractivity contribution in [1.82, 2.24) is 0 Å². The van der Waals surface area contributed by atoms with Gasteiger partial charge in [-0.25, -0.2) is 0 Å². The average Bonchev–Trinajstić information content (AvgIpc) is 2.74. The molecule has 0 fully saturated rings. The topological polar surface area (TPSA) is 55.8 Å². The monoisotopic (exact) mass is 422 g/mol. The average molecular weight is 423 g/mol. The fraction of sp³-hybridized carbons (Fsp3) is 0.160. The van der Waals surface area contributed by atoms with E-state index < -0.39 is 0 Å². The number of hydrogen-bond donors (Lipinski definition) is 1. The number of aromatic hydroxyl groups is 1. The Bertz CT molecular complexity index is 1060. The second kappa shape index (κ2) is 9.51. The van der Waals surface area contributed by atoms with Crippen molar-refractivity contribution in [2.45, 2.75) is 20.5 Å². The second-order valence-corrected chi connectivity index (χ2v) is 7.35. The first-order valence-corrected chi connectivity index (χ1v) is 9.83. The highest BCUT2D eigenvalue weighted by Crippen LogP contribution is 2.28. The minimum Gasteiger partial charge on any atom is -0.508 e. The van der Waals surface area contributed by atoms with Crippen molar-refractivity contribution in [2.75, 3.05) is 7.11 Å². The van der Waals surface area contributed by atoms with E-state index in [1.54, 1.807) is 25.3 Å². The summed E-state index contributed by atoms with van der Waals surface area (Å²) in [7, 11) is 1.61. The Morgan fingerprint density at radius 3 is 2.33 bits per heavy atom. The summed E-state index contributed by atoms with van der Waals surface area (Å²) in [6.07, 6.45) is 3.25. The number of ether oxygens (including phenoxy) is 2. The number of carbonyl (C=O) groups excluding carboxylic acids is 1. The van der Waals surface area contributed by atoms with E-state index in [9.17, 15) is 9.90 Å². The summed E-state index contributed by atoms with van der Waals surface area (Å²) in [5.74, 6) is 1.43. The van der Waals surface area contributed by atoms with Crippen LogP contribution >= 0.6 is 11.6 Å². The van der Waals surface area contributed by atoms with Crippen LogP contribution in [0.25, 0.3) is 6.08 Å². The number of ketones is 1. The van der Waals surface area contributed by atoms with Gasteiger partial charge in [0, 0.05) is 16.1 Å². The number of rotatable bonds is 7. The number of carbonyl (C=O) groups is 1. The number of phenols is 1. The van der Waals surface area contributed by atoms with Crippen LogP contribution in [-0.2, 0) is 6.61 Å². The Morgan fingerprint density at radius 1 is 1.03 bits per heavy atom. The van der Waals surface area contributed by atoms with Crippen LogP contribution in [0.1, 0.15) is 32.6 Å². The molecule has 0 saturated carbocycles. The van der Waals surface area contributed by atoms with E-state index in [2.05, 4.69) is 0 Å². The van der Waals surface area contributed by atoms with Crippen LogP contribution in [0.5, 0.6) is 17.2 Å². The van der Waals surface area contributed by atoms with E-state index >= 15 is 0 Å². The summed E-state index contributed by atoms with van der Waals surface area (Å²) < 4.78 is 11.4. The van der Waals surface area contributed by atoms with Gasteiger partial charge in [-0.3, -0.25) is 4.79 Å². The fourth-order valence-electron chi connectivity index (χ4n) is 3.06. The molecule has 3 aromatic carbocycles. The highest BCUT2D eigenvalue weighted by molar-refractivity contribution is 6.32. The molecule has 0 radical (unpaired) electrons. The Hall–Kier alpha value is -3.24. The summed E-state index contributed by atoms with van der Waals surface area (Å²) >= 11 is 6.22. The molecule has 0 aromatic heterocycles. The Kier molecular flexibility index (Phi) is 6.80. The van der Waals surface area contributed by atoms with Gasteiger partial charge in [-0.2, -0.15) is 0 Å². The first kappa shape index (κ1) is 21.5. The first-order chi connectivity index (χ1) is 14.4. The zero-order valence-electron chi connectivity index (χ0n) is 17.1. The standard InChI is InChI=1S/C25H23ClO4/c1-16-12-22(13-17(2)25(16)26)30-15-20-14-18(5-11-24(20)29-3)4-10-23(28)19-6-8-21(27)9-7-19/h4-14,27H,15H2,1-3H3/b10-4+. The van der Waals surface area contributed by atoms with Crippen molar-refractivity contribution in [3.8, 4) is 17.2 Å². The van der Waals surface area contributed by atoms with Crippen molar-refractivity contribution < 1.29 is 19.4 Å². The number of halogens is 1. The van der Waals surface area contributed by atoms with Gasteiger partial charge in [0.1, 0.15) is 23.9 Å². The normalized spacial score (nSPS) is 10.9. The van der Waals surface area contributed by atoms with Crippen molar-refractivity contribution in [1.29, 1.82) is 0 Å². The number of aryl methyl sites for hydroxylation is 2. The predicted octanol–water partition coefficient (Wildman–Crippen LogP) is 6.15. The lowest BCUT2D eigenvalue weighted by atomic mass is 10.1. The maximum Gasteiger partial charge on any atom is 0.185 e. The van der Waals surface area contributed by atoms with Crippen LogP contribution in [0.4, 0.5) is 0 Å². The molecular weight excluding hydrogens is 400 g/mol. The molecular formula is C25H23ClO4. The van der Waals surface area contributed by atoms with Gasteiger partial charge < -0.3 is 14.6 Å². The van der Waals surface area contributed by atoms with Gasteiger partial charge >= 0.3 is 0 Å². The second-order valence-electron chi connectivity index (χ2n) is 6.98. The summed E-state index contributed by atoms with van der Waals surface area (Å²) in [6.45, 7) is 4.20. The molecule has 4 nitrogen and oxygen atoms in total. The molecule has 0 aliphatic heterocycles. The third-order valence-corrected chi connectivity index (χ3v) is 5.28. The summed E-state index contributed by atoms with van der Waals surface area (Å²) in [6, 6.07) is 15.6. The summed E-state index contributed by atoms with van der Waals surface area (Å²) in [4.78, 5) is 12.3. The molecule has 0 unspecified atom stereocenters. The van der Waals surface area contributed by atoms with Crippen molar-refractivity contribution in [3.63, 3.8) is 0 Å². The number of phenolic OH excluding ortho intramolecular Hbond substituents is 1. The Labute approximate surface area is 181 Å². The molecule has 30 heavy (non-hydrogen) atoms. The van der Waals surface area contributed by atoms with Crippen LogP contribution in [0, 0.1) is 13.8 Å². The van der Waals surface area contributed by atoms with Crippen molar-refractivity contribution in [2.24, 2.45) is 0 Å². The van der Waals surface area contributed by atoms with Gasteiger partial charge in [-0.15, -0.1) is 0 Å². The minimum absolute atomic E-state index is 0.126. The summed E-state index contributed by atoms with van der Waals surface area (Å²) in [5, 5.41) is 10.1. The lowest BCUT2D eigenvalue weighted by Crippen LogP contribution is -2.00. The van der Waals surface area contributed by atoms with E-state index in [1.165, 1.54) is 18.2 Å². The molecule has 0 aliphatic carbocycles. The molecule has 3 aromatic rings. The number of hydrogen-bond acceptors (Lipinski definition) is 4. The maximum atomic E-state index is 12.3. The van der Waals surface area contributed by atoms with Crippen LogP contribution in [0.15, 0.2) is 60.7 Å². The van der Waals surface area contributed by atoms with Gasteiger partial charge in [0.05, 0.1) is 7.11 Å². The highest BCUT2D eigenvalue weighted by Gasteiger charge is 2.08. The largest absolute Gasteiger partial charge is 0.508 e. The molecule has 0 atom stereocenters.